The number of unbranched alkanes of at least 4 members (excludes halogenated alkanes) is 2. The van der Waals surface area contributed by atoms with Gasteiger partial charge in [-0.3, -0.25) is 9.59 Å². The Morgan fingerprint density at radius 1 is 1.19 bits per heavy atom. The molecule has 7 heteroatoms. The molecule has 2 rings (SSSR count). The molecule has 0 aliphatic heterocycles. The predicted octanol–water partition coefficient (Wildman–Crippen LogP) is 2.48. The first-order valence-electron chi connectivity index (χ1n) is 8.94. The summed E-state index contributed by atoms with van der Waals surface area (Å²) in [7, 11) is 1.84. The molecule has 0 saturated heterocycles. The standard InChI is InChI=1S/C19H27N5O2/c1-15(17-8-10-18(11-9-17)24-14-20-13-22-24)23(3)19(26)7-5-4-6-12-21-16(2)25/h8-11,13-15H,4-7,12H2,1-3H3,(H,21,25). The van der Waals surface area contributed by atoms with Gasteiger partial charge in [0.1, 0.15) is 12.7 Å². The van der Waals surface area contributed by atoms with Gasteiger partial charge in [0.25, 0.3) is 0 Å². The number of amides is 2. The second kappa shape index (κ2) is 9.70. The molecule has 2 aromatic rings. The van der Waals surface area contributed by atoms with Crippen molar-refractivity contribution in [1.82, 2.24) is 25.0 Å². The normalized spacial score (nSPS) is 11.8. The number of rotatable bonds is 9. The topological polar surface area (TPSA) is 80.1 Å². The van der Waals surface area contributed by atoms with E-state index in [0.717, 1.165) is 30.5 Å². The Morgan fingerprint density at radius 2 is 1.92 bits per heavy atom. The van der Waals surface area contributed by atoms with Crippen molar-refractivity contribution in [3.8, 4) is 5.69 Å². The summed E-state index contributed by atoms with van der Waals surface area (Å²) in [5, 5.41) is 6.87. The van der Waals surface area contributed by atoms with Crippen molar-refractivity contribution >= 4 is 11.8 Å². The highest BCUT2D eigenvalue weighted by Crippen LogP contribution is 2.21. The van der Waals surface area contributed by atoms with Gasteiger partial charge in [-0.15, -0.1) is 0 Å². The van der Waals surface area contributed by atoms with Crippen LogP contribution in [0, 0.1) is 0 Å². The van der Waals surface area contributed by atoms with Gasteiger partial charge in [-0.25, -0.2) is 9.67 Å². The Hall–Kier alpha value is -2.70. The fraction of sp³-hybridized carbons (Fsp3) is 0.474. The van der Waals surface area contributed by atoms with Crippen molar-refractivity contribution in [3.63, 3.8) is 0 Å². The first kappa shape index (κ1) is 19.6. The van der Waals surface area contributed by atoms with Gasteiger partial charge in [0.05, 0.1) is 11.7 Å². The van der Waals surface area contributed by atoms with Crippen LogP contribution in [-0.4, -0.2) is 45.1 Å². The molecule has 7 nitrogen and oxygen atoms in total. The molecule has 0 aliphatic carbocycles. The van der Waals surface area contributed by atoms with E-state index in [1.165, 1.54) is 13.3 Å². The Bertz CT molecular complexity index is 697. The lowest BCUT2D eigenvalue weighted by molar-refractivity contribution is -0.132. The molecule has 1 aromatic heterocycles. The third kappa shape index (κ3) is 5.68. The number of carbonyl (C=O) groups excluding carboxylic acids is 2. The van der Waals surface area contributed by atoms with Crippen molar-refractivity contribution in [3.05, 3.63) is 42.5 Å². The zero-order chi connectivity index (χ0) is 18.9. The smallest absolute Gasteiger partial charge is 0.222 e. The molecule has 0 radical (unpaired) electrons. The highest BCUT2D eigenvalue weighted by Gasteiger charge is 2.17. The van der Waals surface area contributed by atoms with E-state index in [2.05, 4.69) is 15.4 Å². The van der Waals surface area contributed by atoms with Gasteiger partial charge in [0, 0.05) is 26.9 Å². The third-order valence-electron chi connectivity index (χ3n) is 4.47. The molecule has 0 saturated carbocycles. The van der Waals surface area contributed by atoms with E-state index >= 15 is 0 Å². The molecular formula is C19H27N5O2. The minimum atomic E-state index is -0.00975. The zero-order valence-electron chi connectivity index (χ0n) is 15.7. The predicted molar refractivity (Wildman–Crippen MR) is 99.7 cm³/mol. The molecule has 1 heterocycles. The van der Waals surface area contributed by atoms with Gasteiger partial charge in [-0.05, 0) is 37.5 Å². The molecular weight excluding hydrogens is 330 g/mol. The summed E-state index contributed by atoms with van der Waals surface area (Å²) in [5.41, 5.74) is 2.02. The zero-order valence-corrected chi connectivity index (χ0v) is 15.7. The van der Waals surface area contributed by atoms with Crippen LogP contribution in [0.2, 0.25) is 0 Å². The minimum Gasteiger partial charge on any atom is -0.356 e. The Morgan fingerprint density at radius 3 is 2.54 bits per heavy atom. The van der Waals surface area contributed by atoms with Crippen LogP contribution in [0.4, 0.5) is 0 Å². The van der Waals surface area contributed by atoms with E-state index in [-0.39, 0.29) is 17.9 Å². The van der Waals surface area contributed by atoms with Crippen LogP contribution < -0.4 is 5.32 Å². The average molecular weight is 357 g/mol. The van der Waals surface area contributed by atoms with Crippen molar-refractivity contribution < 1.29 is 9.59 Å². The maximum Gasteiger partial charge on any atom is 0.222 e. The van der Waals surface area contributed by atoms with E-state index < -0.39 is 0 Å². The molecule has 1 aromatic carbocycles. The largest absolute Gasteiger partial charge is 0.356 e. The van der Waals surface area contributed by atoms with E-state index in [4.69, 9.17) is 0 Å². The van der Waals surface area contributed by atoms with E-state index in [1.807, 2.05) is 38.2 Å². The van der Waals surface area contributed by atoms with Crippen molar-refractivity contribution in [2.45, 2.75) is 45.6 Å². The summed E-state index contributed by atoms with van der Waals surface area (Å²) in [6.45, 7) is 4.21. The summed E-state index contributed by atoms with van der Waals surface area (Å²) in [5.74, 6) is 0.127. The van der Waals surface area contributed by atoms with Gasteiger partial charge in [0.2, 0.25) is 11.8 Å². The fourth-order valence-electron chi connectivity index (χ4n) is 2.71. The quantitative estimate of drug-likeness (QED) is 0.699. The van der Waals surface area contributed by atoms with E-state index in [1.54, 1.807) is 15.9 Å². The van der Waals surface area contributed by atoms with E-state index in [9.17, 15) is 9.59 Å². The van der Waals surface area contributed by atoms with Crippen LogP contribution >= 0.6 is 0 Å². The second-order valence-corrected chi connectivity index (χ2v) is 6.41. The molecule has 26 heavy (non-hydrogen) atoms. The lowest BCUT2D eigenvalue weighted by Gasteiger charge is -2.25. The van der Waals surface area contributed by atoms with Crippen LogP contribution in [0.25, 0.3) is 5.69 Å². The highest BCUT2D eigenvalue weighted by atomic mass is 16.2. The van der Waals surface area contributed by atoms with Crippen LogP contribution in [0.5, 0.6) is 0 Å². The molecule has 2 amide bonds. The maximum atomic E-state index is 12.4. The Kier molecular flexibility index (Phi) is 7.32. The number of aromatic nitrogens is 3. The van der Waals surface area contributed by atoms with E-state index in [0.29, 0.717) is 13.0 Å². The second-order valence-electron chi connectivity index (χ2n) is 6.41. The third-order valence-corrected chi connectivity index (χ3v) is 4.47. The molecule has 0 bridgehead atoms. The van der Waals surface area contributed by atoms with Gasteiger partial charge in [-0.1, -0.05) is 18.6 Å². The monoisotopic (exact) mass is 357 g/mol. The van der Waals surface area contributed by atoms with Crippen LogP contribution in [0.3, 0.4) is 0 Å². The number of hydrogen-bond donors (Lipinski definition) is 1. The SMILES string of the molecule is CC(=O)NCCCCCC(=O)N(C)C(C)c1ccc(-n2cncn2)cc1. The Labute approximate surface area is 154 Å². The highest BCUT2D eigenvalue weighted by molar-refractivity contribution is 5.76. The summed E-state index contributed by atoms with van der Waals surface area (Å²) < 4.78 is 1.70. The molecule has 1 unspecified atom stereocenters. The molecule has 1 N–H and O–H groups in total. The summed E-state index contributed by atoms with van der Waals surface area (Å²) in [4.78, 5) is 28.9. The molecule has 0 aliphatic rings. The number of benzene rings is 1. The summed E-state index contributed by atoms with van der Waals surface area (Å²) in [6, 6.07) is 7.98. The Balaban J connectivity index is 1.79. The number of hydrogen-bond acceptors (Lipinski definition) is 4. The molecule has 0 spiro atoms. The first-order valence-corrected chi connectivity index (χ1v) is 8.94. The maximum absolute atomic E-state index is 12.4. The van der Waals surface area contributed by atoms with Gasteiger partial charge >= 0.3 is 0 Å². The number of nitrogens with zero attached hydrogens (tertiary/aromatic N) is 4. The van der Waals surface area contributed by atoms with Gasteiger partial charge < -0.3 is 10.2 Å². The average Bonchev–Trinajstić information content (AvgIpc) is 3.17. The number of nitrogens with one attached hydrogen (secondary N) is 1. The minimum absolute atomic E-state index is 0.00618. The summed E-state index contributed by atoms with van der Waals surface area (Å²) >= 11 is 0. The van der Waals surface area contributed by atoms with Crippen molar-refractivity contribution in [1.29, 1.82) is 0 Å². The fourth-order valence-corrected chi connectivity index (χ4v) is 2.71. The van der Waals surface area contributed by atoms with Crippen LogP contribution in [0.1, 0.15) is 51.1 Å². The van der Waals surface area contributed by atoms with Gasteiger partial charge in [-0.2, -0.15) is 5.10 Å². The molecule has 0 fully saturated rings. The molecule has 140 valence electrons. The lowest BCUT2D eigenvalue weighted by Crippen LogP contribution is -2.29. The van der Waals surface area contributed by atoms with Crippen molar-refractivity contribution in [2.24, 2.45) is 0 Å². The molecule has 1 atom stereocenters. The lowest BCUT2D eigenvalue weighted by atomic mass is 10.1. The van der Waals surface area contributed by atoms with Gasteiger partial charge in [0.15, 0.2) is 0 Å². The summed E-state index contributed by atoms with van der Waals surface area (Å²) in [6.07, 6.45) is 6.34. The van der Waals surface area contributed by atoms with Crippen molar-refractivity contribution in [2.75, 3.05) is 13.6 Å². The number of carbonyl (C=O) groups is 2. The first-order chi connectivity index (χ1) is 12.5. The van der Waals surface area contributed by atoms with Crippen LogP contribution in [0.15, 0.2) is 36.9 Å². The van der Waals surface area contributed by atoms with Crippen LogP contribution in [-0.2, 0) is 9.59 Å².